The molecule has 0 spiro atoms. The van der Waals surface area contributed by atoms with Gasteiger partial charge in [0.15, 0.2) is 0 Å². The highest BCUT2D eigenvalue weighted by Crippen LogP contribution is 2.17. The van der Waals surface area contributed by atoms with Crippen molar-refractivity contribution in [1.29, 1.82) is 0 Å². The third-order valence-electron chi connectivity index (χ3n) is 4.81. The van der Waals surface area contributed by atoms with Gasteiger partial charge in [-0.05, 0) is 79.3 Å². The van der Waals surface area contributed by atoms with E-state index in [-0.39, 0.29) is 13.4 Å². The number of anilines is 1. The Morgan fingerprint density at radius 2 is 0.795 bits per heavy atom. The molecule has 7 nitrogen and oxygen atoms in total. The molecule has 0 amide bonds. The highest BCUT2D eigenvalue weighted by atomic mass is 127. The number of carboxylic acids is 1. The van der Waals surface area contributed by atoms with Crippen LogP contribution in [-0.2, 0) is 392 Å². The third kappa shape index (κ3) is 56.0. The second-order valence-electron chi connectivity index (χ2n) is 9.10. The summed E-state index contributed by atoms with van der Waals surface area (Å²) >= 11 is 11.8. The minimum Gasteiger partial charge on any atom is -0.476 e. The van der Waals surface area contributed by atoms with E-state index < -0.39 is 11.8 Å². The van der Waals surface area contributed by atoms with Crippen molar-refractivity contribution < 1.29 is 24.2 Å². The lowest BCUT2D eigenvalue weighted by atomic mass is 10.2. The maximum Gasteiger partial charge on any atom is 0.371 e. The van der Waals surface area contributed by atoms with E-state index in [0.717, 1.165) is 27.1 Å². The first-order valence-corrected chi connectivity index (χ1v) is 71.6. The molecule has 2 aromatic carbocycles. The Kier molecular flexibility index (Phi) is 70.1. The van der Waals surface area contributed by atoms with E-state index in [1.165, 1.54) is 28.9 Å². The van der Waals surface area contributed by atoms with Crippen molar-refractivity contribution >= 4 is 434 Å². The molecule has 0 aliphatic carbocycles. The zero-order valence-electron chi connectivity index (χ0n) is 34.4. The lowest BCUT2D eigenvalue weighted by Crippen LogP contribution is -2.05. The van der Waals surface area contributed by atoms with Crippen molar-refractivity contribution in [1.82, 2.24) is 4.98 Å². The number of hydrogen-bond donors (Lipinski definition) is 3. The van der Waals surface area contributed by atoms with Crippen LogP contribution in [0.15, 0.2) is 42.5 Å². The summed E-state index contributed by atoms with van der Waals surface area (Å²) in [6.45, 7) is 7.28. The molecule has 4 N–H and O–H groups in total. The third-order valence-corrected chi connectivity index (χ3v) is 92.4. The van der Waals surface area contributed by atoms with Crippen molar-refractivity contribution in [2.75, 3.05) is 12.3 Å². The summed E-state index contributed by atoms with van der Waals surface area (Å²) in [7, 11) is 71.1. The van der Waals surface area contributed by atoms with E-state index in [4.69, 9.17) is 38.0 Å². The number of carbonyl (C=O) groups is 3. The molecule has 0 unspecified atom stereocenters. The summed E-state index contributed by atoms with van der Waals surface area (Å²) in [5.41, 5.74) is 10.4. The SMILES string of the molecule is C.CC(=O)C(=O)O.CCOC(=O)c1cc2cc(C)ccc2[nH]1.Cc1ccc(N)c(I)c1.S=S=S=S=S=S=S=S=S=S=S=S=S=S=S=S=S=S=S=S=S=S=S=S=S=S=S=S=S=S=S=S=S=S=S=S=S=S=S=S=S=S. The average molecular weight is 1890 g/mol. The number of ether oxygens (including phenoxy) is 1. The number of fused-ring (bicyclic) bond motifs is 1. The first-order chi connectivity index (χ1) is 35.0. The number of halogens is 1. The summed E-state index contributed by atoms with van der Waals surface area (Å²) < 4.78 is 6.05. The Bertz CT molecular complexity index is 4160. The van der Waals surface area contributed by atoms with Crippen molar-refractivity contribution in [2.45, 2.75) is 35.1 Å². The van der Waals surface area contributed by atoms with Crippen LogP contribution in [-0.4, -0.2) is 34.4 Å². The summed E-state index contributed by atoms with van der Waals surface area (Å²) in [4.78, 5) is 33.4. The molecule has 0 atom stereocenters. The Hall–Kier alpha value is 6.36. The highest BCUT2D eigenvalue weighted by molar-refractivity contribution is 14.1. The number of nitrogens with two attached hydrogens (primary N) is 1. The molecule has 3 aromatic rings. The quantitative estimate of drug-likeness (QED) is 0.145. The maximum absolute atomic E-state index is 11.4. The smallest absolute Gasteiger partial charge is 0.371 e. The van der Waals surface area contributed by atoms with E-state index in [0.29, 0.717) is 12.3 Å². The fourth-order valence-corrected chi connectivity index (χ4v) is 108. The Balaban J connectivity index is 0. The van der Waals surface area contributed by atoms with Crippen LogP contribution < -0.4 is 5.73 Å². The number of rotatable bonds is 3. The van der Waals surface area contributed by atoms with Gasteiger partial charge in [-0.1, -0.05) is 25.1 Å². The zero-order valence-corrected chi connectivity index (χ0v) is 70.9. The Morgan fingerprint density at radius 1 is 0.521 bits per heavy atom. The van der Waals surface area contributed by atoms with Crippen LogP contribution in [0.4, 0.5) is 5.69 Å². The summed E-state index contributed by atoms with van der Waals surface area (Å²) in [5, 5.41) is 8.68. The zero-order chi connectivity index (χ0) is 53.1. The number of aliphatic carboxylic acids is 1. The fraction of sp³-hybridized carbons (Fsp3) is 0.261. The molecule has 0 saturated carbocycles. The highest BCUT2D eigenvalue weighted by Gasteiger charge is 2.09. The van der Waals surface area contributed by atoms with Gasteiger partial charge in [0.25, 0.3) is 0 Å². The monoisotopic (exact) mass is 1880 g/mol. The van der Waals surface area contributed by atoms with Gasteiger partial charge in [0, 0.05) is 405 Å². The number of Topliss-reactive ketones (excluding diaryl/α,β-unsaturated/α-hetero) is 1. The van der Waals surface area contributed by atoms with Crippen LogP contribution in [0.5, 0.6) is 0 Å². The van der Waals surface area contributed by atoms with Crippen LogP contribution in [0.25, 0.3) is 10.9 Å². The fourth-order valence-electron chi connectivity index (χ4n) is 2.63. The Labute approximate surface area is 561 Å². The predicted molar refractivity (Wildman–Crippen MR) is 442 cm³/mol. The van der Waals surface area contributed by atoms with E-state index in [1.807, 2.05) is 274 Å². The molecule has 0 fully saturated rings. The second kappa shape index (κ2) is 62.9. The van der Waals surface area contributed by atoms with Gasteiger partial charge in [-0.3, -0.25) is 4.79 Å². The number of ketones is 1. The van der Waals surface area contributed by atoms with Gasteiger partial charge in [-0.2, -0.15) is 0 Å². The molecule has 3 rings (SSSR count). The summed E-state index contributed by atoms with van der Waals surface area (Å²) in [5.74, 6) is -2.50. The molecule has 1 aromatic heterocycles. The van der Waals surface area contributed by atoms with Gasteiger partial charge in [-0.25, -0.2) is 9.59 Å². The standard InChI is InChI=1S/C12H13NO2.C7H8IN.C3H4O3.CH4.S42/c1-3-15-12(14)11-7-9-6-8(2)4-5-10(9)13-11;1-5-2-3-7(9)6(8)4-5;1-2(4)3(5)6;;1-3-5-7-9-11-13-15-17-19-21-23-25-27-29-31-33-35-37-39-41-42-40-38-36-34-32-30-28-26-24-22-20-18-16-14-12-10-8-6-4-2/h4-7,13H,3H2,1-2H3;2-4H,9H2,1H3;1H3,(H,5,6);1H4;. The van der Waals surface area contributed by atoms with Gasteiger partial charge in [-0.15, -0.1) is 0 Å². The molecule has 0 saturated heterocycles. The molecule has 0 radical (unpaired) electrons. The molecule has 0 aliphatic heterocycles. The predicted octanol–water partition coefficient (Wildman–Crippen LogP) is 5.03. The number of nitrogens with one attached hydrogen (secondary N) is 1. The Morgan fingerprint density at radius 3 is 1.04 bits per heavy atom. The minimum absolute atomic E-state index is 0. The lowest BCUT2D eigenvalue weighted by Gasteiger charge is -1.96. The lowest BCUT2D eigenvalue weighted by molar-refractivity contribution is -0.148. The van der Waals surface area contributed by atoms with E-state index in [1.54, 1.807) is 113 Å². The molecule has 0 aliphatic rings. The van der Waals surface area contributed by atoms with Gasteiger partial charge in [0.05, 0.1) is 6.61 Å². The minimum atomic E-state index is -1.38. The first-order valence-electron chi connectivity index (χ1n) is 15.9. The molecular formula is C23H29IN2O5S42. The molecule has 50 heteroatoms. The van der Waals surface area contributed by atoms with E-state index in [2.05, 4.69) is 40.6 Å². The van der Waals surface area contributed by atoms with Crippen LogP contribution in [0.3, 0.4) is 0 Å². The van der Waals surface area contributed by atoms with Crippen molar-refractivity contribution in [3.05, 3.63) is 62.9 Å². The number of benzene rings is 2. The molecule has 1 heterocycles. The van der Waals surface area contributed by atoms with Gasteiger partial charge >= 0.3 is 11.9 Å². The molecule has 420 valence electrons. The largest absolute Gasteiger partial charge is 0.476 e. The second-order valence-corrected chi connectivity index (χ2v) is 81.0. The van der Waals surface area contributed by atoms with Crippen LogP contribution >= 0.6 is 22.6 Å². The van der Waals surface area contributed by atoms with E-state index >= 15 is 0 Å². The number of nitrogen functional groups attached to an aromatic ring is 1. The van der Waals surface area contributed by atoms with Crippen molar-refractivity contribution in [3.8, 4) is 0 Å². The van der Waals surface area contributed by atoms with E-state index in [9.17, 15) is 14.4 Å². The molecule has 0 bridgehead atoms. The number of esters is 1. The van der Waals surface area contributed by atoms with Gasteiger partial charge in [0.1, 0.15) is 5.69 Å². The van der Waals surface area contributed by atoms with Crippen molar-refractivity contribution in [2.24, 2.45) is 0 Å². The van der Waals surface area contributed by atoms with Gasteiger partial charge < -0.3 is 20.6 Å². The number of carbonyl (C=O) groups excluding carboxylic acids is 2. The number of hydrogen-bond acceptors (Lipinski definition) is 7. The van der Waals surface area contributed by atoms with Crippen molar-refractivity contribution in [3.63, 3.8) is 0 Å². The molecular weight excluding hydrogens is 1860 g/mol. The van der Waals surface area contributed by atoms with Crippen LogP contribution in [0.2, 0.25) is 0 Å². The van der Waals surface area contributed by atoms with Crippen LogP contribution in [0.1, 0.15) is 42.9 Å². The van der Waals surface area contributed by atoms with Gasteiger partial charge in [0.2, 0.25) is 5.78 Å². The number of aromatic nitrogens is 1. The topological polar surface area (TPSA) is 122 Å². The summed E-state index contributed by atoms with van der Waals surface area (Å²) in [6.07, 6.45) is 0. The summed E-state index contributed by atoms with van der Waals surface area (Å²) in [6, 6.07) is 13.8. The average Bonchev–Trinajstić information content (AvgIpc) is 3.79. The number of aryl methyl sites for hydroxylation is 2. The normalized spacial score (nSPS) is 8.40. The first kappa shape index (κ1) is 81.4. The molecule has 73 heavy (non-hydrogen) atoms. The van der Waals surface area contributed by atoms with Crippen LogP contribution in [0, 0.1) is 17.4 Å². The number of aromatic amines is 1. The maximum atomic E-state index is 11.4. The number of H-pyrrole nitrogens is 1. The number of carboxylic acid groups (broad SMARTS) is 1.